The molecule has 76 valence electrons. The van der Waals surface area contributed by atoms with Crippen LogP contribution in [0.3, 0.4) is 0 Å². The van der Waals surface area contributed by atoms with Gasteiger partial charge < -0.3 is 10.2 Å². The quantitative estimate of drug-likeness (QED) is 0.708. The van der Waals surface area contributed by atoms with Gasteiger partial charge >= 0.3 is 0 Å². The lowest BCUT2D eigenvalue weighted by Crippen LogP contribution is -2.50. The summed E-state index contributed by atoms with van der Waals surface area (Å²) >= 11 is 0. The van der Waals surface area contributed by atoms with E-state index in [4.69, 9.17) is 0 Å². The summed E-state index contributed by atoms with van der Waals surface area (Å²) in [7, 11) is 0. The molecule has 1 N–H and O–H groups in total. The van der Waals surface area contributed by atoms with Crippen molar-refractivity contribution in [3.05, 3.63) is 0 Å². The first-order valence-electron chi connectivity index (χ1n) is 5.81. The first kappa shape index (κ1) is 9.47. The summed E-state index contributed by atoms with van der Waals surface area (Å²) in [4.78, 5) is 2.68. The Morgan fingerprint density at radius 1 is 1.31 bits per heavy atom. The third kappa shape index (κ3) is 2.44. The topological polar surface area (TPSA) is 15.3 Å². The number of nitrogens with zero attached hydrogens (tertiary/aromatic N) is 1. The molecule has 2 rings (SSSR count). The number of hydrogen-bond acceptors (Lipinski definition) is 2. The highest BCUT2D eigenvalue weighted by atomic mass is 15.1. The molecule has 2 saturated heterocycles. The lowest BCUT2D eigenvalue weighted by molar-refractivity contribution is 0.131. The van der Waals surface area contributed by atoms with E-state index >= 15 is 0 Å². The zero-order valence-corrected chi connectivity index (χ0v) is 8.76. The standard InChI is InChI=1S/C11H22N2/c1-2-10-4-3-5-13(8-10)9-11-6-12-7-11/h10-12H,2-9H2,1H3. The molecule has 0 spiro atoms. The molecular formula is C11H22N2. The fraction of sp³-hybridized carbons (Fsp3) is 1.00. The van der Waals surface area contributed by atoms with E-state index in [-0.39, 0.29) is 0 Å². The van der Waals surface area contributed by atoms with Crippen LogP contribution in [0, 0.1) is 11.8 Å². The van der Waals surface area contributed by atoms with E-state index in [1.54, 1.807) is 0 Å². The maximum absolute atomic E-state index is 3.35. The van der Waals surface area contributed by atoms with Crippen LogP contribution in [0.5, 0.6) is 0 Å². The van der Waals surface area contributed by atoms with Gasteiger partial charge in [-0.3, -0.25) is 0 Å². The summed E-state index contributed by atoms with van der Waals surface area (Å²) < 4.78 is 0. The number of piperidine rings is 1. The molecule has 0 aliphatic carbocycles. The van der Waals surface area contributed by atoms with Crippen LogP contribution >= 0.6 is 0 Å². The van der Waals surface area contributed by atoms with Crippen LogP contribution in [-0.4, -0.2) is 37.6 Å². The summed E-state index contributed by atoms with van der Waals surface area (Å²) in [6.45, 7) is 8.92. The number of hydrogen-bond donors (Lipinski definition) is 1. The van der Waals surface area contributed by atoms with Crippen molar-refractivity contribution in [2.45, 2.75) is 26.2 Å². The smallest absolute Gasteiger partial charge is 0.00341 e. The van der Waals surface area contributed by atoms with Gasteiger partial charge in [-0.05, 0) is 31.2 Å². The molecule has 0 bridgehead atoms. The minimum absolute atomic E-state index is 0.954. The van der Waals surface area contributed by atoms with Crippen molar-refractivity contribution in [3.8, 4) is 0 Å². The number of rotatable bonds is 3. The lowest BCUT2D eigenvalue weighted by atomic mass is 9.94. The van der Waals surface area contributed by atoms with Crippen LogP contribution in [-0.2, 0) is 0 Å². The van der Waals surface area contributed by atoms with Crippen molar-refractivity contribution in [3.63, 3.8) is 0 Å². The van der Waals surface area contributed by atoms with Crippen LogP contribution in [0.15, 0.2) is 0 Å². The molecule has 2 aliphatic heterocycles. The van der Waals surface area contributed by atoms with Crippen LogP contribution in [0.2, 0.25) is 0 Å². The molecule has 0 aromatic carbocycles. The number of likely N-dealkylation sites (tertiary alicyclic amines) is 1. The Labute approximate surface area is 81.7 Å². The van der Waals surface area contributed by atoms with Crippen molar-refractivity contribution >= 4 is 0 Å². The summed E-state index contributed by atoms with van der Waals surface area (Å²) in [5.74, 6) is 1.94. The zero-order chi connectivity index (χ0) is 9.10. The van der Waals surface area contributed by atoms with Crippen molar-refractivity contribution in [1.82, 2.24) is 10.2 Å². The molecule has 1 atom stereocenters. The van der Waals surface area contributed by atoms with E-state index in [9.17, 15) is 0 Å². The number of nitrogens with one attached hydrogen (secondary N) is 1. The first-order valence-corrected chi connectivity index (χ1v) is 5.81. The second kappa shape index (κ2) is 4.43. The lowest BCUT2D eigenvalue weighted by Gasteiger charge is -2.37. The van der Waals surface area contributed by atoms with Crippen molar-refractivity contribution in [1.29, 1.82) is 0 Å². The molecule has 0 aromatic rings. The molecule has 2 heteroatoms. The Morgan fingerprint density at radius 3 is 2.77 bits per heavy atom. The third-order valence-corrected chi connectivity index (χ3v) is 3.56. The second-order valence-corrected chi connectivity index (χ2v) is 4.70. The second-order valence-electron chi connectivity index (χ2n) is 4.70. The molecular weight excluding hydrogens is 160 g/mol. The summed E-state index contributed by atoms with van der Waals surface area (Å²) in [6, 6.07) is 0. The Hall–Kier alpha value is -0.0800. The van der Waals surface area contributed by atoms with E-state index in [0.717, 1.165) is 11.8 Å². The van der Waals surface area contributed by atoms with E-state index in [1.165, 1.54) is 52.0 Å². The molecule has 2 fully saturated rings. The maximum atomic E-state index is 3.35. The average Bonchev–Trinajstić information content (AvgIpc) is 2.12. The Kier molecular flexibility index (Phi) is 3.23. The van der Waals surface area contributed by atoms with Crippen LogP contribution < -0.4 is 5.32 Å². The third-order valence-electron chi connectivity index (χ3n) is 3.56. The average molecular weight is 182 g/mol. The highest BCUT2D eigenvalue weighted by Gasteiger charge is 2.23. The van der Waals surface area contributed by atoms with Crippen LogP contribution in [0.4, 0.5) is 0 Å². The monoisotopic (exact) mass is 182 g/mol. The van der Waals surface area contributed by atoms with Gasteiger partial charge in [0.25, 0.3) is 0 Å². The Balaban J connectivity index is 1.71. The van der Waals surface area contributed by atoms with Crippen molar-refractivity contribution in [2.75, 3.05) is 32.7 Å². The summed E-state index contributed by atoms with van der Waals surface area (Å²) in [6.07, 6.45) is 4.27. The molecule has 1 unspecified atom stereocenters. The first-order chi connectivity index (χ1) is 6.38. The van der Waals surface area contributed by atoms with Gasteiger partial charge in [0, 0.05) is 26.2 Å². The highest BCUT2D eigenvalue weighted by Crippen LogP contribution is 2.20. The fourth-order valence-corrected chi connectivity index (χ4v) is 2.49. The molecule has 0 radical (unpaired) electrons. The fourth-order valence-electron chi connectivity index (χ4n) is 2.49. The van der Waals surface area contributed by atoms with Crippen LogP contribution in [0.1, 0.15) is 26.2 Å². The molecule has 2 nitrogen and oxygen atoms in total. The van der Waals surface area contributed by atoms with E-state index in [1.807, 2.05) is 0 Å². The SMILES string of the molecule is CCC1CCCN(CC2CNC2)C1. The van der Waals surface area contributed by atoms with Gasteiger partial charge in [-0.15, -0.1) is 0 Å². The van der Waals surface area contributed by atoms with Crippen LogP contribution in [0.25, 0.3) is 0 Å². The van der Waals surface area contributed by atoms with Crippen molar-refractivity contribution < 1.29 is 0 Å². The minimum Gasteiger partial charge on any atom is -0.316 e. The van der Waals surface area contributed by atoms with Gasteiger partial charge in [0.05, 0.1) is 0 Å². The zero-order valence-electron chi connectivity index (χ0n) is 8.76. The Morgan fingerprint density at radius 2 is 2.15 bits per heavy atom. The van der Waals surface area contributed by atoms with E-state index in [0.29, 0.717) is 0 Å². The van der Waals surface area contributed by atoms with Gasteiger partial charge in [-0.25, -0.2) is 0 Å². The molecule has 13 heavy (non-hydrogen) atoms. The molecule has 0 aromatic heterocycles. The minimum atomic E-state index is 0.954. The molecule has 2 heterocycles. The van der Waals surface area contributed by atoms with Gasteiger partial charge in [-0.1, -0.05) is 13.3 Å². The van der Waals surface area contributed by atoms with Gasteiger partial charge in [0.15, 0.2) is 0 Å². The van der Waals surface area contributed by atoms with Gasteiger partial charge in [-0.2, -0.15) is 0 Å². The normalized spacial score (nSPS) is 31.6. The molecule has 0 saturated carbocycles. The maximum Gasteiger partial charge on any atom is 0.00341 e. The van der Waals surface area contributed by atoms with Crippen molar-refractivity contribution in [2.24, 2.45) is 11.8 Å². The Bertz CT molecular complexity index is 152. The van der Waals surface area contributed by atoms with E-state index in [2.05, 4.69) is 17.1 Å². The summed E-state index contributed by atoms with van der Waals surface area (Å²) in [5, 5.41) is 3.35. The predicted octanol–water partition coefficient (Wildman–Crippen LogP) is 1.33. The van der Waals surface area contributed by atoms with E-state index < -0.39 is 0 Å². The summed E-state index contributed by atoms with van der Waals surface area (Å²) in [5.41, 5.74) is 0. The highest BCUT2D eigenvalue weighted by molar-refractivity contribution is 4.80. The van der Waals surface area contributed by atoms with Gasteiger partial charge in [0.2, 0.25) is 0 Å². The van der Waals surface area contributed by atoms with Gasteiger partial charge in [0.1, 0.15) is 0 Å². The molecule has 0 amide bonds. The largest absolute Gasteiger partial charge is 0.316 e. The predicted molar refractivity (Wildman–Crippen MR) is 55.8 cm³/mol. The molecule has 2 aliphatic rings.